The van der Waals surface area contributed by atoms with Crippen LogP contribution in [0.4, 0.5) is 0 Å². The van der Waals surface area contributed by atoms with Gasteiger partial charge in [0, 0.05) is 16.9 Å². The molecule has 2 aliphatic heterocycles. The predicted molar refractivity (Wildman–Crippen MR) is 86.0 cm³/mol. The molecular formula is C17H24BrNO. The molecule has 0 aliphatic carbocycles. The van der Waals surface area contributed by atoms with Gasteiger partial charge < -0.3 is 10.1 Å². The Hall–Kier alpha value is -0.380. The highest BCUT2D eigenvalue weighted by atomic mass is 79.9. The summed E-state index contributed by atoms with van der Waals surface area (Å²) in [6.07, 6.45) is 4.39. The van der Waals surface area contributed by atoms with Gasteiger partial charge in [-0.2, -0.15) is 0 Å². The van der Waals surface area contributed by atoms with E-state index in [4.69, 9.17) is 4.74 Å². The number of rotatable bonds is 1. The third-order valence-electron chi connectivity index (χ3n) is 5.02. The minimum absolute atomic E-state index is 0.377. The molecule has 3 heteroatoms. The standard InChI is InChI=1S/C17H24BrNO/c1-12-9-17(10-13(2)20-12)7-8-19-11-15(17)14-5-3-4-6-16(14)18/h3-6,12-13,15,19H,7-11H2,1-2H3. The van der Waals surface area contributed by atoms with Gasteiger partial charge in [0.25, 0.3) is 0 Å². The van der Waals surface area contributed by atoms with E-state index in [-0.39, 0.29) is 0 Å². The molecule has 0 bridgehead atoms. The molecule has 0 radical (unpaired) electrons. The number of piperidine rings is 1. The zero-order chi connectivity index (χ0) is 14.2. The average molecular weight is 338 g/mol. The van der Waals surface area contributed by atoms with Gasteiger partial charge in [0.05, 0.1) is 12.2 Å². The van der Waals surface area contributed by atoms with Gasteiger partial charge in [-0.1, -0.05) is 34.1 Å². The summed E-state index contributed by atoms with van der Waals surface area (Å²) in [7, 11) is 0. The van der Waals surface area contributed by atoms with Gasteiger partial charge >= 0.3 is 0 Å². The Morgan fingerprint density at radius 1 is 1.20 bits per heavy atom. The SMILES string of the molecule is CC1CC2(CCNCC2c2ccccc2Br)CC(C)O1. The van der Waals surface area contributed by atoms with Gasteiger partial charge in [-0.05, 0) is 56.7 Å². The van der Waals surface area contributed by atoms with Gasteiger partial charge in [0.15, 0.2) is 0 Å². The summed E-state index contributed by atoms with van der Waals surface area (Å²) in [4.78, 5) is 0. The molecule has 20 heavy (non-hydrogen) atoms. The van der Waals surface area contributed by atoms with E-state index in [0.29, 0.717) is 23.5 Å². The highest BCUT2D eigenvalue weighted by Crippen LogP contribution is 2.52. The molecule has 0 aromatic heterocycles. The molecule has 3 rings (SSSR count). The van der Waals surface area contributed by atoms with E-state index in [9.17, 15) is 0 Å². The summed E-state index contributed by atoms with van der Waals surface area (Å²) in [6.45, 7) is 6.69. The fraction of sp³-hybridized carbons (Fsp3) is 0.647. The summed E-state index contributed by atoms with van der Waals surface area (Å²) >= 11 is 3.75. The third kappa shape index (κ3) is 2.68. The smallest absolute Gasteiger partial charge is 0.0556 e. The number of hydrogen-bond acceptors (Lipinski definition) is 2. The topological polar surface area (TPSA) is 21.3 Å². The lowest BCUT2D eigenvalue weighted by molar-refractivity contribution is -0.103. The number of hydrogen-bond donors (Lipinski definition) is 1. The summed E-state index contributed by atoms with van der Waals surface area (Å²) in [5.41, 5.74) is 1.85. The fourth-order valence-corrected chi connectivity index (χ4v) is 4.94. The lowest BCUT2D eigenvalue weighted by Crippen LogP contribution is -2.50. The summed E-state index contributed by atoms with van der Waals surface area (Å²) in [5, 5.41) is 3.60. The zero-order valence-electron chi connectivity index (χ0n) is 12.4. The van der Waals surface area contributed by atoms with E-state index in [2.05, 4.69) is 59.4 Å². The second kappa shape index (κ2) is 5.78. The van der Waals surface area contributed by atoms with Crippen LogP contribution >= 0.6 is 15.9 Å². The Balaban J connectivity index is 1.97. The third-order valence-corrected chi connectivity index (χ3v) is 5.74. The molecule has 0 amide bonds. The molecule has 110 valence electrons. The molecule has 2 saturated heterocycles. The average Bonchev–Trinajstić information content (AvgIpc) is 2.39. The van der Waals surface area contributed by atoms with Crippen LogP contribution in [0.2, 0.25) is 0 Å². The summed E-state index contributed by atoms with van der Waals surface area (Å²) in [6, 6.07) is 8.72. The van der Waals surface area contributed by atoms with Crippen LogP contribution < -0.4 is 5.32 Å². The van der Waals surface area contributed by atoms with E-state index in [1.165, 1.54) is 29.3 Å². The Kier molecular flexibility index (Phi) is 4.21. The van der Waals surface area contributed by atoms with Crippen LogP contribution in [0.25, 0.3) is 0 Å². The van der Waals surface area contributed by atoms with Crippen molar-refractivity contribution >= 4 is 15.9 Å². The van der Waals surface area contributed by atoms with E-state index in [1.54, 1.807) is 0 Å². The van der Waals surface area contributed by atoms with Crippen molar-refractivity contribution in [2.75, 3.05) is 13.1 Å². The zero-order valence-corrected chi connectivity index (χ0v) is 13.9. The highest BCUT2D eigenvalue weighted by molar-refractivity contribution is 9.10. The monoisotopic (exact) mass is 337 g/mol. The molecule has 1 aromatic rings. The van der Waals surface area contributed by atoms with Crippen LogP contribution in [0, 0.1) is 5.41 Å². The minimum atomic E-state index is 0.377. The number of benzene rings is 1. The normalized spacial score (nSPS) is 38.0. The Morgan fingerprint density at radius 2 is 1.90 bits per heavy atom. The molecule has 1 aromatic carbocycles. The van der Waals surface area contributed by atoms with Crippen molar-refractivity contribution in [2.24, 2.45) is 5.41 Å². The maximum atomic E-state index is 6.00. The number of nitrogens with one attached hydrogen (secondary N) is 1. The van der Waals surface area contributed by atoms with E-state index >= 15 is 0 Å². The molecule has 3 atom stereocenters. The molecule has 3 unspecified atom stereocenters. The summed E-state index contributed by atoms with van der Waals surface area (Å²) < 4.78 is 7.25. The molecule has 2 fully saturated rings. The molecule has 0 saturated carbocycles. The maximum Gasteiger partial charge on any atom is 0.0556 e. The first-order valence-electron chi connectivity index (χ1n) is 7.71. The first kappa shape index (κ1) is 14.6. The van der Waals surface area contributed by atoms with Crippen LogP contribution in [0.5, 0.6) is 0 Å². The Morgan fingerprint density at radius 3 is 2.60 bits per heavy atom. The van der Waals surface area contributed by atoms with Crippen molar-refractivity contribution in [3.05, 3.63) is 34.3 Å². The lowest BCUT2D eigenvalue weighted by atomic mass is 9.61. The van der Waals surface area contributed by atoms with Crippen molar-refractivity contribution in [1.29, 1.82) is 0 Å². The van der Waals surface area contributed by atoms with Crippen molar-refractivity contribution < 1.29 is 4.74 Å². The van der Waals surface area contributed by atoms with Crippen molar-refractivity contribution in [2.45, 2.75) is 51.2 Å². The molecule has 1 N–H and O–H groups in total. The first-order valence-corrected chi connectivity index (χ1v) is 8.51. The highest BCUT2D eigenvalue weighted by Gasteiger charge is 2.46. The first-order chi connectivity index (χ1) is 9.61. The minimum Gasteiger partial charge on any atom is -0.376 e. The van der Waals surface area contributed by atoms with Gasteiger partial charge in [-0.25, -0.2) is 0 Å². The predicted octanol–water partition coefficient (Wildman–Crippen LogP) is 4.10. The molecular weight excluding hydrogens is 314 g/mol. The number of halogens is 1. The van der Waals surface area contributed by atoms with E-state index in [1.807, 2.05) is 0 Å². The van der Waals surface area contributed by atoms with Gasteiger partial charge in [0.2, 0.25) is 0 Å². The second-order valence-electron chi connectivity index (χ2n) is 6.56. The largest absolute Gasteiger partial charge is 0.376 e. The Bertz CT molecular complexity index is 466. The van der Waals surface area contributed by atoms with Crippen molar-refractivity contribution in [3.8, 4) is 0 Å². The summed E-state index contributed by atoms with van der Waals surface area (Å²) in [5.74, 6) is 0.584. The molecule has 2 aliphatic rings. The fourth-order valence-electron chi connectivity index (χ4n) is 4.38. The maximum absolute atomic E-state index is 6.00. The lowest BCUT2D eigenvalue weighted by Gasteiger charge is -2.51. The quantitative estimate of drug-likeness (QED) is 0.832. The van der Waals surface area contributed by atoms with Crippen molar-refractivity contribution in [3.63, 3.8) is 0 Å². The van der Waals surface area contributed by atoms with Crippen LogP contribution in [0.1, 0.15) is 44.6 Å². The van der Waals surface area contributed by atoms with Gasteiger partial charge in [-0.3, -0.25) is 0 Å². The van der Waals surface area contributed by atoms with E-state index < -0.39 is 0 Å². The molecule has 2 heterocycles. The van der Waals surface area contributed by atoms with Gasteiger partial charge in [0.1, 0.15) is 0 Å². The van der Waals surface area contributed by atoms with Crippen molar-refractivity contribution in [1.82, 2.24) is 5.32 Å². The van der Waals surface area contributed by atoms with E-state index in [0.717, 1.165) is 13.1 Å². The van der Waals surface area contributed by atoms with Gasteiger partial charge in [-0.15, -0.1) is 0 Å². The number of ether oxygens (including phenoxy) is 1. The van der Waals surface area contributed by atoms with Crippen LogP contribution in [-0.4, -0.2) is 25.3 Å². The Labute approximate surface area is 130 Å². The van der Waals surface area contributed by atoms with Crippen LogP contribution in [0.3, 0.4) is 0 Å². The van der Waals surface area contributed by atoms with Crippen LogP contribution in [-0.2, 0) is 4.74 Å². The van der Waals surface area contributed by atoms with Crippen LogP contribution in [0.15, 0.2) is 28.7 Å². The second-order valence-corrected chi connectivity index (χ2v) is 7.41. The molecule has 1 spiro atoms. The molecule has 2 nitrogen and oxygen atoms in total.